The molecule has 0 radical (unpaired) electrons. The van der Waals surface area contributed by atoms with Crippen molar-refractivity contribution in [2.75, 3.05) is 27.9 Å². The number of carbonyl (C=O) groups excluding carboxylic acids is 1. The Labute approximate surface area is 657 Å². The summed E-state index contributed by atoms with van der Waals surface area (Å²) in [5.41, 5.74) is 7.93. The van der Waals surface area contributed by atoms with E-state index in [-0.39, 0.29) is 12.0 Å². The number of aromatic amines is 1. The summed E-state index contributed by atoms with van der Waals surface area (Å²) in [7, 11) is 4.78. The number of nitrogens with zero attached hydrogens (tertiary/aromatic N) is 1. The van der Waals surface area contributed by atoms with Crippen LogP contribution in [-0.4, -0.2) is 43.7 Å². The third-order valence-corrected chi connectivity index (χ3v) is 12.2. The molecule has 0 aliphatic carbocycles. The van der Waals surface area contributed by atoms with Crippen molar-refractivity contribution in [3.8, 4) is 456 Å². The van der Waals surface area contributed by atoms with Crippen LogP contribution >= 0.6 is 0 Å². The minimum absolute atomic E-state index is 0.287. The maximum absolute atomic E-state index is 11.7. The van der Waals surface area contributed by atoms with E-state index in [0.29, 0.717) is 12.2 Å². The van der Waals surface area contributed by atoms with Crippen molar-refractivity contribution in [3.05, 3.63) is 88.1 Å². The maximum atomic E-state index is 11.7. The van der Waals surface area contributed by atoms with Crippen molar-refractivity contribution in [3.63, 3.8) is 0 Å². The van der Waals surface area contributed by atoms with Crippen LogP contribution in [0, 0.1) is 439 Å². The highest BCUT2D eigenvalue weighted by atomic mass is 16.5. The van der Waals surface area contributed by atoms with E-state index >= 15 is 0 Å². The number of esters is 1. The fraction of sp³-hybridized carbons (Fsp3) is 0.0952. The lowest BCUT2D eigenvalue weighted by molar-refractivity contribution is 0.0600. The molecule has 1 N–H and O–H groups in total. The Morgan fingerprint density at radius 2 is 0.714 bits per heavy atom. The summed E-state index contributed by atoms with van der Waals surface area (Å²) in [4.78, 5) is 17.9. The second-order valence-electron chi connectivity index (χ2n) is 18.9. The fourth-order valence-electron chi connectivity index (χ4n) is 7.91. The number of hydrogen-bond donors (Lipinski definition) is 1. The molecule has 0 saturated carbocycles. The van der Waals surface area contributed by atoms with Crippen LogP contribution in [0.1, 0.15) is 51.3 Å². The second kappa shape index (κ2) is 56.5. The molecule has 1 aromatic heterocycles. The fourth-order valence-corrected chi connectivity index (χ4v) is 7.91. The third kappa shape index (κ3) is 36.7. The van der Waals surface area contributed by atoms with Crippen LogP contribution in [0.5, 0.6) is 17.2 Å². The second-order valence-corrected chi connectivity index (χ2v) is 18.9. The van der Waals surface area contributed by atoms with Crippen LogP contribution in [0.2, 0.25) is 0 Å². The number of aromatic nitrogens is 1. The highest BCUT2D eigenvalue weighted by Gasteiger charge is 2.35. The molecular weight excluding hydrogens is 1370 g/mol. The van der Waals surface area contributed by atoms with Gasteiger partial charge < -0.3 is 23.9 Å². The summed E-state index contributed by atoms with van der Waals surface area (Å²) >= 11 is 0. The molecule has 0 fully saturated rings. The first-order valence-corrected chi connectivity index (χ1v) is 31.3. The number of rotatable bonds is 6. The number of hydrogen-bond acceptors (Lipinski definition) is 6. The smallest absolute Gasteiger partial charge is 0.337 e. The van der Waals surface area contributed by atoms with Crippen LogP contribution in [0.3, 0.4) is 0 Å². The minimum Gasteiger partial charge on any atom is -0.497 e. The van der Waals surface area contributed by atoms with Gasteiger partial charge in [0.05, 0.1) is 26.9 Å². The standard InChI is InChI=1S/C75H4.C30H30N2O5/c1-3-5-7-9-11-13-15-17-19-21-23-25-27-29-31-33-35-37-39-41-43-45-47-49-51-53-55-57-59-61-63-65-67-69-71-73-75-74-72-70-68-66-64-62-60-58-56-54-52-50-48-46-44-42-40-38-36-34-32-30-28-26-24-22-20-18-16-14-12-10-8-6-4-2;1-34-21-8-9-25-23(13-21)24-14-27-22-15-28(35-2)29(12-20(22)10-11-32(27)16-26(24)31-25)37-17-18-4-6-19(7-5-18)30(33)36-3/h1H,2H3;4-9,12-13,15,27,31H,10-11,14,16-17H2,1-3H3. The van der Waals surface area contributed by atoms with Gasteiger partial charge >= 0.3 is 5.97 Å². The summed E-state index contributed by atoms with van der Waals surface area (Å²) < 4.78 is 22.2. The number of methoxy groups -OCH3 is 3. The number of terminal acetylenes is 1. The van der Waals surface area contributed by atoms with Crippen molar-refractivity contribution in [2.24, 2.45) is 0 Å². The summed E-state index contributed by atoms with van der Waals surface area (Å²) in [5.74, 6) is 184. The molecular formula is C105H34N2O5. The molecule has 6 rings (SSSR count). The Hall–Kier alpha value is -20.2. The molecule has 0 spiro atoms. The van der Waals surface area contributed by atoms with Crippen LogP contribution in [0.15, 0.2) is 54.6 Å². The predicted molar refractivity (Wildman–Crippen MR) is 435 cm³/mol. The lowest BCUT2D eigenvalue weighted by atomic mass is 9.85. The quantitative estimate of drug-likeness (QED) is 0.190. The van der Waals surface area contributed by atoms with E-state index in [1.54, 1.807) is 33.3 Å². The highest BCUT2D eigenvalue weighted by Crippen LogP contribution is 2.44. The molecule has 2 aliphatic heterocycles. The molecule has 3 aromatic carbocycles. The van der Waals surface area contributed by atoms with E-state index in [9.17, 15) is 4.79 Å². The Kier molecular flexibility index (Phi) is 41.6. The van der Waals surface area contributed by atoms with Gasteiger partial charge in [0.15, 0.2) is 11.5 Å². The van der Waals surface area contributed by atoms with E-state index in [1.807, 2.05) is 18.2 Å². The van der Waals surface area contributed by atoms with E-state index in [4.69, 9.17) is 25.4 Å². The lowest BCUT2D eigenvalue weighted by Crippen LogP contribution is -2.39. The molecule has 0 amide bonds. The minimum atomic E-state index is -0.348. The molecule has 7 heteroatoms. The first-order valence-electron chi connectivity index (χ1n) is 31.3. The van der Waals surface area contributed by atoms with Gasteiger partial charge in [-0.2, -0.15) is 0 Å². The molecule has 4 aromatic rings. The van der Waals surface area contributed by atoms with E-state index in [1.165, 1.54) is 34.9 Å². The van der Waals surface area contributed by atoms with Crippen LogP contribution in [0.4, 0.5) is 0 Å². The first-order chi connectivity index (χ1) is 55.5. The number of carbonyl (C=O) groups is 1. The van der Waals surface area contributed by atoms with Gasteiger partial charge in [0.1, 0.15) is 12.4 Å². The molecule has 1 unspecified atom stereocenters. The Morgan fingerprint density at radius 3 is 1.01 bits per heavy atom. The first kappa shape index (κ1) is 82.4. The third-order valence-electron chi connectivity index (χ3n) is 12.2. The molecule has 3 heterocycles. The molecule has 0 saturated heterocycles. The average molecular weight is 1400 g/mol. The number of benzene rings is 3. The molecule has 1 atom stereocenters. The zero-order chi connectivity index (χ0) is 79.1. The Morgan fingerprint density at radius 1 is 0.393 bits per heavy atom. The zero-order valence-electron chi connectivity index (χ0n) is 59.4. The van der Waals surface area contributed by atoms with Crippen molar-refractivity contribution in [2.45, 2.75) is 39.0 Å². The van der Waals surface area contributed by atoms with Crippen molar-refractivity contribution >= 4 is 16.9 Å². The monoisotopic (exact) mass is 1400 g/mol. The van der Waals surface area contributed by atoms with Gasteiger partial charge in [0.25, 0.3) is 0 Å². The van der Waals surface area contributed by atoms with Crippen molar-refractivity contribution in [1.29, 1.82) is 0 Å². The van der Waals surface area contributed by atoms with E-state index in [0.717, 1.165) is 54.3 Å². The molecule has 494 valence electrons. The van der Waals surface area contributed by atoms with Gasteiger partial charge in [0, 0.05) is 367 Å². The Bertz CT molecular complexity index is 7210. The van der Waals surface area contributed by atoms with E-state index in [2.05, 4.69) is 466 Å². The van der Waals surface area contributed by atoms with Crippen molar-refractivity contribution in [1.82, 2.24) is 9.88 Å². The summed E-state index contributed by atoms with van der Waals surface area (Å²) in [6, 6.07) is 18.1. The molecule has 0 bridgehead atoms. The lowest BCUT2D eigenvalue weighted by Gasteiger charge is -2.40. The maximum Gasteiger partial charge on any atom is 0.337 e. The molecule has 112 heavy (non-hydrogen) atoms. The Balaban J connectivity index is 0.000000495. The molecule has 2 aliphatic rings. The SMILES string of the molecule is C#CC#CC#CC#CC#CC#CC#CC#CC#CC#CC#CC#CC#CC#CC#CC#CC#CC#CC#CC#CC#CC#CC#CC#CC#CC#CC#CC#CC#CC#CC#CC#CC#CC#CC#CC#CC#CC.COC(=O)c1ccc(COc2cc3c(cc2OC)C2Cc4c([nH]c5ccc(OC)cc45)CN2CC3)cc1. The van der Waals surface area contributed by atoms with Crippen LogP contribution in [-0.2, 0) is 30.7 Å². The van der Waals surface area contributed by atoms with Gasteiger partial charge in [-0.05, 0) is 179 Å². The van der Waals surface area contributed by atoms with Gasteiger partial charge in [-0.3, -0.25) is 4.90 Å². The predicted octanol–water partition coefficient (Wildman–Crippen LogP) is 5.97. The largest absolute Gasteiger partial charge is 0.497 e. The number of nitrogens with one attached hydrogen (secondary N) is 1. The van der Waals surface area contributed by atoms with Crippen molar-refractivity contribution < 1.29 is 23.7 Å². The average Bonchev–Trinajstić information content (AvgIpc) is 1.52. The topological polar surface area (TPSA) is 73.0 Å². The molecule has 7 nitrogen and oxygen atoms in total. The number of ether oxygens (including phenoxy) is 4. The van der Waals surface area contributed by atoms with E-state index < -0.39 is 0 Å². The summed E-state index contributed by atoms with van der Waals surface area (Å²) in [6.45, 7) is 3.96. The van der Waals surface area contributed by atoms with Gasteiger partial charge in [-0.1, -0.05) is 18.1 Å². The van der Waals surface area contributed by atoms with Gasteiger partial charge in [-0.25, -0.2) is 4.79 Å². The normalized spacial score (nSPS) is 8.08. The number of fused-ring (bicyclic) bond motifs is 6. The van der Waals surface area contributed by atoms with Gasteiger partial charge in [-0.15, -0.1) is 6.42 Å². The summed E-state index contributed by atoms with van der Waals surface area (Å²) in [6.07, 6.45) is 6.85. The number of H-pyrrole nitrogens is 1. The highest BCUT2D eigenvalue weighted by molar-refractivity contribution is 5.89. The van der Waals surface area contributed by atoms with Crippen LogP contribution in [0.25, 0.3) is 10.9 Å². The summed E-state index contributed by atoms with van der Waals surface area (Å²) in [5, 5.41) is 1.24. The van der Waals surface area contributed by atoms with Gasteiger partial charge in [0.2, 0.25) is 0 Å². The zero-order valence-corrected chi connectivity index (χ0v) is 59.4. The van der Waals surface area contributed by atoms with Crippen LogP contribution < -0.4 is 14.2 Å².